The first kappa shape index (κ1) is 10.5. The standard InChI is InChI=1S/C17H18O/c1-11-10-14-12-6-2-3-7-13(12)16(18)17(11)9-5-4-8-15(14)17/h2-3,6-7,10,14-15H,4-5,8-9H2,1H3/t14-,15-,17+/m1/s1. The van der Waals surface area contributed by atoms with E-state index in [1.54, 1.807) is 0 Å². The van der Waals surface area contributed by atoms with Gasteiger partial charge in [0.05, 0.1) is 5.41 Å². The molecule has 4 rings (SSSR count). The summed E-state index contributed by atoms with van der Waals surface area (Å²) in [6.45, 7) is 2.18. The fourth-order valence-electron chi connectivity index (χ4n) is 4.71. The van der Waals surface area contributed by atoms with Crippen molar-refractivity contribution in [1.29, 1.82) is 0 Å². The second kappa shape index (κ2) is 3.34. The molecule has 2 bridgehead atoms. The Balaban J connectivity index is 2.00. The zero-order valence-electron chi connectivity index (χ0n) is 10.8. The van der Waals surface area contributed by atoms with Gasteiger partial charge in [-0.25, -0.2) is 0 Å². The van der Waals surface area contributed by atoms with Crippen LogP contribution in [0.15, 0.2) is 35.9 Å². The molecule has 0 amide bonds. The van der Waals surface area contributed by atoms with Crippen LogP contribution in [0.2, 0.25) is 0 Å². The first-order chi connectivity index (χ1) is 8.75. The minimum absolute atomic E-state index is 0.128. The molecule has 1 saturated carbocycles. The minimum Gasteiger partial charge on any atom is -0.293 e. The van der Waals surface area contributed by atoms with Gasteiger partial charge in [0.25, 0.3) is 0 Å². The van der Waals surface area contributed by atoms with Crippen molar-refractivity contribution in [2.45, 2.75) is 38.5 Å². The molecular weight excluding hydrogens is 220 g/mol. The topological polar surface area (TPSA) is 17.1 Å². The van der Waals surface area contributed by atoms with Crippen molar-refractivity contribution in [1.82, 2.24) is 0 Å². The van der Waals surface area contributed by atoms with Gasteiger partial charge in [-0.3, -0.25) is 4.79 Å². The second-order valence-corrected chi connectivity index (χ2v) is 6.12. The third kappa shape index (κ3) is 1.02. The summed E-state index contributed by atoms with van der Waals surface area (Å²) < 4.78 is 0. The van der Waals surface area contributed by atoms with Crippen LogP contribution in [0.5, 0.6) is 0 Å². The maximum Gasteiger partial charge on any atom is 0.173 e. The van der Waals surface area contributed by atoms with E-state index in [9.17, 15) is 4.79 Å². The molecule has 3 aliphatic rings. The van der Waals surface area contributed by atoms with Gasteiger partial charge >= 0.3 is 0 Å². The molecule has 0 heterocycles. The highest BCUT2D eigenvalue weighted by Gasteiger charge is 2.57. The highest BCUT2D eigenvalue weighted by molar-refractivity contribution is 6.06. The van der Waals surface area contributed by atoms with E-state index >= 15 is 0 Å². The van der Waals surface area contributed by atoms with Crippen molar-refractivity contribution in [3.63, 3.8) is 0 Å². The number of hydrogen-bond acceptors (Lipinski definition) is 1. The molecule has 0 aromatic heterocycles. The van der Waals surface area contributed by atoms with Gasteiger partial charge in [-0.15, -0.1) is 0 Å². The number of fused-ring (bicyclic) bond motifs is 2. The van der Waals surface area contributed by atoms with E-state index < -0.39 is 0 Å². The molecule has 0 spiro atoms. The Bertz CT molecular complexity index is 569. The summed E-state index contributed by atoms with van der Waals surface area (Å²) in [6.07, 6.45) is 7.18. The van der Waals surface area contributed by atoms with Crippen LogP contribution in [0.4, 0.5) is 0 Å². The minimum atomic E-state index is -0.128. The number of rotatable bonds is 0. The molecule has 0 saturated heterocycles. The number of hydrogen-bond donors (Lipinski definition) is 0. The van der Waals surface area contributed by atoms with Crippen LogP contribution in [0.1, 0.15) is 54.4 Å². The summed E-state index contributed by atoms with van der Waals surface area (Å²) in [6, 6.07) is 8.27. The van der Waals surface area contributed by atoms with Crippen LogP contribution in [0, 0.1) is 11.3 Å². The number of Topliss-reactive ketones (excluding diaryl/α,β-unsaturated/α-hetero) is 1. The average molecular weight is 238 g/mol. The molecule has 0 radical (unpaired) electrons. The zero-order chi connectivity index (χ0) is 12.3. The molecular formula is C17H18O. The van der Waals surface area contributed by atoms with Crippen LogP contribution < -0.4 is 0 Å². The number of benzene rings is 1. The zero-order valence-corrected chi connectivity index (χ0v) is 10.8. The van der Waals surface area contributed by atoms with Crippen LogP contribution >= 0.6 is 0 Å². The summed E-state index contributed by atoms with van der Waals surface area (Å²) in [4.78, 5) is 13.0. The summed E-state index contributed by atoms with van der Waals surface area (Å²) in [5, 5.41) is 0. The largest absolute Gasteiger partial charge is 0.293 e. The van der Waals surface area contributed by atoms with Gasteiger partial charge in [-0.2, -0.15) is 0 Å². The SMILES string of the molecule is CC1=C[C@@H]2c3ccccc3C(=O)[C@@]13CCCC[C@H]23. The molecule has 1 heteroatoms. The van der Waals surface area contributed by atoms with E-state index in [0.717, 1.165) is 12.0 Å². The van der Waals surface area contributed by atoms with Gasteiger partial charge < -0.3 is 0 Å². The normalized spacial score (nSPS) is 36.9. The van der Waals surface area contributed by atoms with Crippen molar-refractivity contribution in [2.24, 2.45) is 11.3 Å². The predicted molar refractivity (Wildman–Crippen MR) is 71.7 cm³/mol. The lowest BCUT2D eigenvalue weighted by Crippen LogP contribution is -2.44. The average Bonchev–Trinajstić information content (AvgIpc) is 2.68. The van der Waals surface area contributed by atoms with Gasteiger partial charge in [0, 0.05) is 11.5 Å². The fraction of sp³-hybridized carbons (Fsp3) is 0.471. The Labute approximate surface area is 108 Å². The quantitative estimate of drug-likeness (QED) is 0.622. The van der Waals surface area contributed by atoms with Crippen molar-refractivity contribution in [2.75, 3.05) is 0 Å². The molecule has 3 aliphatic carbocycles. The molecule has 1 fully saturated rings. The maximum absolute atomic E-state index is 13.0. The van der Waals surface area contributed by atoms with E-state index in [0.29, 0.717) is 17.6 Å². The van der Waals surface area contributed by atoms with E-state index in [2.05, 4.69) is 25.1 Å². The van der Waals surface area contributed by atoms with Crippen LogP contribution in [-0.2, 0) is 0 Å². The molecule has 0 unspecified atom stereocenters. The third-order valence-corrected chi connectivity index (χ3v) is 5.51. The Morgan fingerprint density at radius 2 is 2.06 bits per heavy atom. The predicted octanol–water partition coefficient (Wildman–Crippen LogP) is 4.10. The molecule has 0 N–H and O–H groups in total. The smallest absolute Gasteiger partial charge is 0.173 e. The summed E-state index contributed by atoms with van der Waals surface area (Å²) in [5.41, 5.74) is 3.49. The fourth-order valence-corrected chi connectivity index (χ4v) is 4.71. The maximum atomic E-state index is 13.0. The van der Waals surface area contributed by atoms with E-state index in [1.807, 2.05) is 12.1 Å². The van der Waals surface area contributed by atoms with E-state index in [1.165, 1.54) is 30.4 Å². The lowest BCUT2D eigenvalue weighted by molar-refractivity contribution is 0.0627. The van der Waals surface area contributed by atoms with Crippen molar-refractivity contribution in [3.8, 4) is 0 Å². The molecule has 1 aromatic rings. The van der Waals surface area contributed by atoms with Gasteiger partial charge in [0.15, 0.2) is 5.78 Å². The van der Waals surface area contributed by atoms with Crippen LogP contribution in [0.25, 0.3) is 0 Å². The summed E-state index contributed by atoms with van der Waals surface area (Å²) in [7, 11) is 0. The van der Waals surface area contributed by atoms with Gasteiger partial charge in [0.1, 0.15) is 0 Å². The van der Waals surface area contributed by atoms with Crippen LogP contribution in [0.3, 0.4) is 0 Å². The van der Waals surface area contributed by atoms with E-state index in [4.69, 9.17) is 0 Å². The van der Waals surface area contributed by atoms with Gasteiger partial charge in [0.2, 0.25) is 0 Å². The summed E-state index contributed by atoms with van der Waals surface area (Å²) in [5.74, 6) is 1.46. The van der Waals surface area contributed by atoms with Crippen molar-refractivity contribution >= 4 is 5.78 Å². The number of allylic oxidation sites excluding steroid dienone is 2. The monoisotopic (exact) mass is 238 g/mol. The Kier molecular flexibility index (Phi) is 1.96. The van der Waals surface area contributed by atoms with Crippen molar-refractivity contribution < 1.29 is 4.79 Å². The van der Waals surface area contributed by atoms with E-state index in [-0.39, 0.29) is 5.41 Å². The number of carbonyl (C=O) groups excluding carboxylic acids is 1. The first-order valence-electron chi connectivity index (χ1n) is 7.08. The Morgan fingerprint density at radius 1 is 1.22 bits per heavy atom. The molecule has 1 nitrogen and oxygen atoms in total. The van der Waals surface area contributed by atoms with Gasteiger partial charge in [-0.1, -0.05) is 48.8 Å². The van der Waals surface area contributed by atoms with Gasteiger partial charge in [-0.05, 0) is 31.2 Å². The molecule has 3 atom stereocenters. The number of carbonyl (C=O) groups is 1. The third-order valence-electron chi connectivity index (χ3n) is 5.51. The molecule has 0 aliphatic heterocycles. The lowest BCUT2D eigenvalue weighted by atomic mass is 9.56. The number of ketones is 1. The lowest BCUT2D eigenvalue weighted by Gasteiger charge is -2.45. The highest BCUT2D eigenvalue weighted by atomic mass is 16.1. The Morgan fingerprint density at radius 3 is 2.94 bits per heavy atom. The summed E-state index contributed by atoms with van der Waals surface area (Å²) >= 11 is 0. The van der Waals surface area contributed by atoms with Crippen molar-refractivity contribution in [3.05, 3.63) is 47.0 Å². The molecule has 1 aromatic carbocycles. The first-order valence-corrected chi connectivity index (χ1v) is 7.08. The molecule has 18 heavy (non-hydrogen) atoms. The highest BCUT2D eigenvalue weighted by Crippen LogP contribution is 2.62. The second-order valence-electron chi connectivity index (χ2n) is 6.12. The molecule has 92 valence electrons. The Hall–Kier alpha value is -1.37. The van der Waals surface area contributed by atoms with Crippen LogP contribution in [-0.4, -0.2) is 5.78 Å².